The zero-order valence-corrected chi connectivity index (χ0v) is 8.34. The SMILES string of the molecule is CCn1ncc2c(Cl)nc(Cl)nc21. The molecular weight excluding hydrogens is 211 g/mol. The Balaban J connectivity index is 2.82. The third-order valence-electron chi connectivity index (χ3n) is 1.72. The molecule has 0 aliphatic heterocycles. The van der Waals surface area contributed by atoms with Crippen molar-refractivity contribution in [3.63, 3.8) is 0 Å². The molecule has 0 aliphatic rings. The van der Waals surface area contributed by atoms with Gasteiger partial charge in [-0.15, -0.1) is 0 Å². The Bertz CT molecular complexity index is 451. The van der Waals surface area contributed by atoms with Gasteiger partial charge in [-0.2, -0.15) is 10.1 Å². The molecule has 4 nitrogen and oxygen atoms in total. The smallest absolute Gasteiger partial charge is 0.225 e. The van der Waals surface area contributed by atoms with Crippen LogP contribution in [-0.2, 0) is 6.54 Å². The molecule has 0 bridgehead atoms. The van der Waals surface area contributed by atoms with Gasteiger partial charge in [0.2, 0.25) is 5.28 Å². The van der Waals surface area contributed by atoms with Crippen molar-refractivity contribution in [1.29, 1.82) is 0 Å². The normalized spacial score (nSPS) is 11.0. The summed E-state index contributed by atoms with van der Waals surface area (Å²) in [5.74, 6) is 0. The second-order valence-corrected chi connectivity index (χ2v) is 3.18. The topological polar surface area (TPSA) is 43.6 Å². The van der Waals surface area contributed by atoms with E-state index in [1.54, 1.807) is 10.9 Å². The van der Waals surface area contributed by atoms with Crippen LogP contribution in [0.2, 0.25) is 10.4 Å². The van der Waals surface area contributed by atoms with E-state index in [4.69, 9.17) is 23.2 Å². The van der Waals surface area contributed by atoms with E-state index in [-0.39, 0.29) is 5.28 Å². The maximum atomic E-state index is 5.84. The molecule has 0 saturated heterocycles. The highest BCUT2D eigenvalue weighted by molar-refractivity contribution is 6.35. The quantitative estimate of drug-likeness (QED) is 0.543. The zero-order chi connectivity index (χ0) is 9.42. The lowest BCUT2D eigenvalue weighted by Gasteiger charge is -1.97. The highest BCUT2D eigenvalue weighted by Gasteiger charge is 2.08. The highest BCUT2D eigenvalue weighted by atomic mass is 35.5. The monoisotopic (exact) mass is 216 g/mol. The predicted molar refractivity (Wildman–Crippen MR) is 51.0 cm³/mol. The van der Waals surface area contributed by atoms with Gasteiger partial charge in [0.05, 0.1) is 11.6 Å². The molecule has 0 amide bonds. The third kappa shape index (κ3) is 1.36. The van der Waals surface area contributed by atoms with Crippen LogP contribution in [0.4, 0.5) is 0 Å². The summed E-state index contributed by atoms with van der Waals surface area (Å²) in [5, 5.41) is 5.30. The summed E-state index contributed by atoms with van der Waals surface area (Å²) < 4.78 is 1.72. The van der Waals surface area contributed by atoms with Gasteiger partial charge in [0.15, 0.2) is 5.65 Å². The van der Waals surface area contributed by atoms with Gasteiger partial charge in [0.25, 0.3) is 0 Å². The van der Waals surface area contributed by atoms with Gasteiger partial charge in [0, 0.05) is 6.54 Å². The van der Waals surface area contributed by atoms with Crippen LogP contribution in [0.1, 0.15) is 6.92 Å². The van der Waals surface area contributed by atoms with E-state index in [0.29, 0.717) is 10.8 Å². The van der Waals surface area contributed by atoms with E-state index >= 15 is 0 Å². The van der Waals surface area contributed by atoms with E-state index in [1.165, 1.54) is 0 Å². The van der Waals surface area contributed by atoms with Gasteiger partial charge < -0.3 is 0 Å². The minimum atomic E-state index is 0.146. The number of fused-ring (bicyclic) bond motifs is 1. The molecule has 0 unspecified atom stereocenters. The maximum absolute atomic E-state index is 5.84. The van der Waals surface area contributed by atoms with Gasteiger partial charge in [-0.3, -0.25) is 0 Å². The van der Waals surface area contributed by atoms with Gasteiger partial charge in [-0.05, 0) is 18.5 Å². The molecule has 2 heterocycles. The molecule has 2 rings (SSSR count). The average Bonchev–Trinajstić information content (AvgIpc) is 2.47. The van der Waals surface area contributed by atoms with E-state index in [1.807, 2.05) is 6.92 Å². The Morgan fingerprint density at radius 2 is 2.15 bits per heavy atom. The Kier molecular flexibility index (Phi) is 2.09. The van der Waals surface area contributed by atoms with E-state index < -0.39 is 0 Å². The molecule has 2 aromatic heterocycles. The molecule has 0 aliphatic carbocycles. The number of rotatable bonds is 1. The Hall–Kier alpha value is -0.870. The minimum Gasteiger partial charge on any atom is -0.247 e. The van der Waals surface area contributed by atoms with Crippen molar-refractivity contribution in [3.8, 4) is 0 Å². The van der Waals surface area contributed by atoms with Crippen LogP contribution in [0.15, 0.2) is 6.20 Å². The fraction of sp³-hybridized carbons (Fsp3) is 0.286. The fourth-order valence-corrected chi connectivity index (χ4v) is 1.55. The average molecular weight is 217 g/mol. The first-order valence-electron chi connectivity index (χ1n) is 3.77. The molecule has 0 atom stereocenters. The summed E-state index contributed by atoms with van der Waals surface area (Å²) in [5.41, 5.74) is 0.674. The third-order valence-corrected chi connectivity index (χ3v) is 2.18. The van der Waals surface area contributed by atoms with Crippen LogP contribution in [0, 0.1) is 0 Å². The molecule has 0 N–H and O–H groups in total. The molecule has 2 aromatic rings. The summed E-state index contributed by atoms with van der Waals surface area (Å²) in [6.45, 7) is 2.70. The largest absolute Gasteiger partial charge is 0.247 e. The van der Waals surface area contributed by atoms with Crippen molar-refractivity contribution >= 4 is 34.2 Å². The van der Waals surface area contributed by atoms with Crippen molar-refractivity contribution < 1.29 is 0 Å². The summed E-state index contributed by atoms with van der Waals surface area (Å²) in [6, 6.07) is 0. The Morgan fingerprint density at radius 1 is 1.38 bits per heavy atom. The number of aryl methyl sites for hydroxylation is 1. The second-order valence-electron chi connectivity index (χ2n) is 2.48. The van der Waals surface area contributed by atoms with Crippen molar-refractivity contribution in [3.05, 3.63) is 16.6 Å². The van der Waals surface area contributed by atoms with E-state index in [2.05, 4.69) is 15.1 Å². The minimum absolute atomic E-state index is 0.146. The van der Waals surface area contributed by atoms with Crippen molar-refractivity contribution in [2.24, 2.45) is 0 Å². The van der Waals surface area contributed by atoms with Crippen LogP contribution in [-0.4, -0.2) is 19.7 Å². The molecule has 0 aromatic carbocycles. The summed E-state index contributed by atoms with van der Waals surface area (Å²) >= 11 is 11.5. The Labute approximate surface area is 84.5 Å². The van der Waals surface area contributed by atoms with Crippen LogP contribution in [0.25, 0.3) is 11.0 Å². The molecule has 0 radical (unpaired) electrons. The van der Waals surface area contributed by atoms with Crippen LogP contribution < -0.4 is 0 Å². The van der Waals surface area contributed by atoms with Gasteiger partial charge in [-0.1, -0.05) is 11.6 Å². The van der Waals surface area contributed by atoms with Crippen LogP contribution in [0.5, 0.6) is 0 Å². The summed E-state index contributed by atoms with van der Waals surface area (Å²) in [6.07, 6.45) is 1.64. The van der Waals surface area contributed by atoms with Gasteiger partial charge in [-0.25, -0.2) is 9.67 Å². The van der Waals surface area contributed by atoms with Gasteiger partial charge >= 0.3 is 0 Å². The predicted octanol–water partition coefficient (Wildman–Crippen LogP) is 2.15. The number of aromatic nitrogens is 4. The van der Waals surface area contributed by atoms with E-state index in [0.717, 1.165) is 11.9 Å². The van der Waals surface area contributed by atoms with Crippen LogP contribution in [0.3, 0.4) is 0 Å². The van der Waals surface area contributed by atoms with Crippen molar-refractivity contribution in [1.82, 2.24) is 19.7 Å². The Morgan fingerprint density at radius 3 is 2.85 bits per heavy atom. The molecule has 6 heteroatoms. The lowest BCUT2D eigenvalue weighted by molar-refractivity contribution is 0.676. The van der Waals surface area contributed by atoms with Crippen LogP contribution >= 0.6 is 23.2 Å². The van der Waals surface area contributed by atoms with E-state index in [9.17, 15) is 0 Å². The first kappa shape index (κ1) is 8.72. The maximum Gasteiger partial charge on any atom is 0.225 e. The fourth-order valence-electron chi connectivity index (χ4n) is 1.13. The first-order chi connectivity index (χ1) is 6.22. The molecule has 0 fully saturated rings. The standard InChI is InChI=1S/C7H6Cl2N4/c1-2-13-6-4(3-10-13)5(8)11-7(9)12-6/h3H,2H2,1H3. The molecule has 13 heavy (non-hydrogen) atoms. The molecular formula is C7H6Cl2N4. The zero-order valence-electron chi connectivity index (χ0n) is 6.83. The summed E-state index contributed by atoms with van der Waals surface area (Å²) in [7, 11) is 0. The first-order valence-corrected chi connectivity index (χ1v) is 4.52. The lowest BCUT2D eigenvalue weighted by atomic mass is 10.4. The second kappa shape index (κ2) is 3.12. The van der Waals surface area contributed by atoms with Crippen molar-refractivity contribution in [2.45, 2.75) is 13.5 Å². The summed E-state index contributed by atoms with van der Waals surface area (Å²) in [4.78, 5) is 7.85. The molecule has 68 valence electrons. The number of hydrogen-bond donors (Lipinski definition) is 0. The number of nitrogens with zero attached hydrogens (tertiary/aromatic N) is 4. The van der Waals surface area contributed by atoms with Crippen molar-refractivity contribution in [2.75, 3.05) is 0 Å². The molecule has 0 saturated carbocycles. The highest BCUT2D eigenvalue weighted by Crippen LogP contribution is 2.21. The lowest BCUT2D eigenvalue weighted by Crippen LogP contribution is -1.98. The number of halogens is 2. The number of hydrogen-bond acceptors (Lipinski definition) is 3. The van der Waals surface area contributed by atoms with Gasteiger partial charge in [0.1, 0.15) is 5.15 Å². The molecule has 0 spiro atoms.